The minimum absolute atomic E-state index is 0.0907. The molecule has 7 nitrogen and oxygen atoms in total. The number of ether oxygens (including phenoxy) is 1. The van der Waals surface area contributed by atoms with E-state index >= 15 is 0 Å². The highest BCUT2D eigenvalue weighted by atomic mass is 19.4. The van der Waals surface area contributed by atoms with Crippen molar-refractivity contribution in [2.24, 2.45) is 0 Å². The molecule has 3 rings (SSSR count). The van der Waals surface area contributed by atoms with Crippen LogP contribution in [-0.4, -0.2) is 33.0 Å². The monoisotopic (exact) mass is 419 g/mol. The predicted octanol–water partition coefficient (Wildman–Crippen LogP) is 4.24. The van der Waals surface area contributed by atoms with Crippen molar-refractivity contribution >= 4 is 11.6 Å². The molecule has 0 unspecified atom stereocenters. The molecule has 3 aromatic rings. The van der Waals surface area contributed by atoms with Gasteiger partial charge >= 0.3 is 6.18 Å². The molecule has 0 bridgehead atoms. The molecule has 1 N–H and O–H groups in total. The molecular weight excluding hydrogens is 399 g/mol. The molecule has 0 radical (unpaired) electrons. The number of methoxy groups -OCH3 is 1. The van der Waals surface area contributed by atoms with Crippen LogP contribution < -0.4 is 10.1 Å². The summed E-state index contributed by atoms with van der Waals surface area (Å²) in [4.78, 5) is 12.6. The number of nitrogens with zero attached hydrogens (tertiary/aromatic N) is 4. The lowest BCUT2D eigenvalue weighted by Crippen LogP contribution is -2.21. The maximum absolute atomic E-state index is 13.7. The van der Waals surface area contributed by atoms with E-state index in [4.69, 9.17) is 4.74 Å². The molecule has 0 spiro atoms. The van der Waals surface area contributed by atoms with Gasteiger partial charge < -0.3 is 10.1 Å². The van der Waals surface area contributed by atoms with E-state index in [2.05, 4.69) is 20.6 Å². The number of aromatic nitrogens is 4. The van der Waals surface area contributed by atoms with Gasteiger partial charge in [-0.3, -0.25) is 4.79 Å². The van der Waals surface area contributed by atoms with Crippen LogP contribution in [0, 0.1) is 0 Å². The van der Waals surface area contributed by atoms with Crippen molar-refractivity contribution in [2.45, 2.75) is 32.4 Å². The lowest BCUT2D eigenvalue weighted by Gasteiger charge is -2.19. The average molecular weight is 419 g/mol. The van der Waals surface area contributed by atoms with Crippen molar-refractivity contribution in [3.63, 3.8) is 0 Å². The normalized spacial score (nSPS) is 12.0. The van der Waals surface area contributed by atoms with Gasteiger partial charge in [-0.05, 0) is 29.2 Å². The van der Waals surface area contributed by atoms with E-state index in [0.29, 0.717) is 10.4 Å². The number of hydrogen-bond donors (Lipinski definition) is 1. The number of rotatable bonds is 4. The number of halogens is 3. The Kier molecular flexibility index (Phi) is 5.51. The highest BCUT2D eigenvalue weighted by molar-refractivity contribution is 6.05. The zero-order valence-corrected chi connectivity index (χ0v) is 16.8. The van der Waals surface area contributed by atoms with E-state index in [0.717, 1.165) is 11.8 Å². The van der Waals surface area contributed by atoms with E-state index < -0.39 is 23.3 Å². The molecule has 0 saturated carbocycles. The first-order valence-electron chi connectivity index (χ1n) is 8.96. The van der Waals surface area contributed by atoms with Crippen molar-refractivity contribution < 1.29 is 22.7 Å². The minimum Gasteiger partial charge on any atom is -0.480 e. The Bertz CT molecular complexity index is 1040. The zero-order valence-electron chi connectivity index (χ0n) is 16.8. The van der Waals surface area contributed by atoms with Gasteiger partial charge in [-0.25, -0.2) is 4.68 Å². The van der Waals surface area contributed by atoms with Crippen LogP contribution >= 0.6 is 0 Å². The van der Waals surface area contributed by atoms with Crippen molar-refractivity contribution in [3.05, 3.63) is 59.4 Å². The fraction of sp³-hybridized carbons (Fsp3) is 0.300. The van der Waals surface area contributed by atoms with E-state index in [1.165, 1.54) is 19.2 Å². The Morgan fingerprint density at radius 1 is 1.03 bits per heavy atom. The molecule has 0 aliphatic carbocycles. The fourth-order valence-electron chi connectivity index (χ4n) is 2.75. The zero-order chi connectivity index (χ0) is 22.1. The summed E-state index contributed by atoms with van der Waals surface area (Å²) < 4.78 is 46.6. The Morgan fingerprint density at radius 2 is 1.70 bits per heavy atom. The van der Waals surface area contributed by atoms with Gasteiger partial charge in [0.05, 0.1) is 18.9 Å². The van der Waals surface area contributed by atoms with Crippen LogP contribution in [0.25, 0.3) is 5.82 Å². The molecular formula is C20H20F3N5O2. The topological polar surface area (TPSA) is 81.9 Å². The summed E-state index contributed by atoms with van der Waals surface area (Å²) in [6, 6.07) is 9.53. The SMILES string of the molecule is COc1ccc(-n2ncc(C(=O)Nc3ccc(C(C)(C)C)cc3)c2C(F)(F)F)nn1. The number of benzene rings is 1. The molecule has 2 aromatic heterocycles. The lowest BCUT2D eigenvalue weighted by molar-refractivity contribution is -0.143. The first kappa shape index (κ1) is 21.3. The maximum Gasteiger partial charge on any atom is 0.434 e. The van der Waals surface area contributed by atoms with Gasteiger partial charge in [-0.15, -0.1) is 10.2 Å². The molecule has 0 saturated heterocycles. The van der Waals surface area contributed by atoms with Crippen LogP contribution in [-0.2, 0) is 11.6 Å². The Hall–Kier alpha value is -3.43. The van der Waals surface area contributed by atoms with Crippen LogP contribution in [0.2, 0.25) is 0 Å². The summed E-state index contributed by atoms with van der Waals surface area (Å²) in [5, 5.41) is 13.5. The fourth-order valence-corrected chi connectivity index (χ4v) is 2.75. The number of alkyl halides is 3. The number of carbonyl (C=O) groups is 1. The molecule has 30 heavy (non-hydrogen) atoms. The number of nitrogens with one attached hydrogen (secondary N) is 1. The molecule has 0 atom stereocenters. The molecule has 0 aliphatic rings. The second-order valence-electron chi connectivity index (χ2n) is 7.53. The summed E-state index contributed by atoms with van der Waals surface area (Å²) in [5.74, 6) is -0.994. The van der Waals surface area contributed by atoms with Gasteiger partial charge in [0.15, 0.2) is 11.5 Å². The molecule has 1 amide bonds. The summed E-state index contributed by atoms with van der Waals surface area (Å²) in [7, 11) is 1.36. The smallest absolute Gasteiger partial charge is 0.434 e. The molecule has 10 heteroatoms. The van der Waals surface area contributed by atoms with Crippen LogP contribution in [0.15, 0.2) is 42.6 Å². The van der Waals surface area contributed by atoms with Crippen LogP contribution in [0.5, 0.6) is 5.88 Å². The van der Waals surface area contributed by atoms with E-state index in [9.17, 15) is 18.0 Å². The molecule has 2 heterocycles. The maximum atomic E-state index is 13.7. The van der Waals surface area contributed by atoms with Gasteiger partial charge in [-0.2, -0.15) is 18.3 Å². The van der Waals surface area contributed by atoms with E-state index in [-0.39, 0.29) is 17.1 Å². The van der Waals surface area contributed by atoms with Gasteiger partial charge in [0.2, 0.25) is 5.88 Å². The summed E-state index contributed by atoms with van der Waals surface area (Å²) in [5.41, 5.74) is -0.557. The Labute approximate surface area is 170 Å². The highest BCUT2D eigenvalue weighted by Crippen LogP contribution is 2.34. The van der Waals surface area contributed by atoms with E-state index in [1.807, 2.05) is 32.9 Å². The average Bonchev–Trinajstić information content (AvgIpc) is 3.13. The standard InChI is InChI=1S/C20H20F3N5O2/c1-19(2,3)12-5-7-13(8-6-12)25-18(29)14-11-24-28(17(14)20(21,22)23)15-9-10-16(30-4)27-26-15/h5-11H,1-4H3,(H,25,29). The quantitative estimate of drug-likeness (QED) is 0.684. The largest absolute Gasteiger partial charge is 0.480 e. The van der Waals surface area contributed by atoms with Crippen LogP contribution in [0.4, 0.5) is 18.9 Å². The minimum atomic E-state index is -4.85. The van der Waals surface area contributed by atoms with Gasteiger partial charge in [0, 0.05) is 11.8 Å². The number of hydrogen-bond acceptors (Lipinski definition) is 5. The molecule has 0 aliphatic heterocycles. The number of anilines is 1. The number of carbonyl (C=O) groups excluding carboxylic acids is 1. The summed E-state index contributed by atoms with van der Waals surface area (Å²) in [6.45, 7) is 6.10. The number of amides is 1. The van der Waals surface area contributed by atoms with Gasteiger partial charge in [0.1, 0.15) is 0 Å². The summed E-state index contributed by atoms with van der Waals surface area (Å²) in [6.07, 6.45) is -3.99. The Balaban J connectivity index is 1.93. The lowest BCUT2D eigenvalue weighted by atomic mass is 9.87. The third-order valence-corrected chi connectivity index (χ3v) is 4.34. The van der Waals surface area contributed by atoms with Crippen molar-refractivity contribution in [3.8, 4) is 11.7 Å². The van der Waals surface area contributed by atoms with E-state index in [1.54, 1.807) is 12.1 Å². The van der Waals surface area contributed by atoms with Crippen LogP contribution in [0.1, 0.15) is 42.4 Å². The van der Waals surface area contributed by atoms with Crippen molar-refractivity contribution in [1.82, 2.24) is 20.0 Å². The second kappa shape index (κ2) is 7.77. The van der Waals surface area contributed by atoms with Crippen molar-refractivity contribution in [2.75, 3.05) is 12.4 Å². The molecule has 0 fully saturated rings. The molecule has 1 aromatic carbocycles. The Morgan fingerprint density at radius 3 is 2.20 bits per heavy atom. The summed E-state index contributed by atoms with van der Waals surface area (Å²) >= 11 is 0. The third-order valence-electron chi connectivity index (χ3n) is 4.34. The highest BCUT2D eigenvalue weighted by Gasteiger charge is 2.41. The first-order valence-corrected chi connectivity index (χ1v) is 8.96. The first-order chi connectivity index (χ1) is 14.0. The molecule has 158 valence electrons. The second-order valence-corrected chi connectivity index (χ2v) is 7.53. The van der Waals surface area contributed by atoms with Crippen molar-refractivity contribution in [1.29, 1.82) is 0 Å². The van der Waals surface area contributed by atoms with Crippen LogP contribution in [0.3, 0.4) is 0 Å². The third kappa shape index (κ3) is 4.42. The predicted molar refractivity (Wildman–Crippen MR) is 104 cm³/mol. The van der Waals surface area contributed by atoms with Gasteiger partial charge in [-0.1, -0.05) is 32.9 Å². The van der Waals surface area contributed by atoms with Gasteiger partial charge in [0.25, 0.3) is 5.91 Å².